The lowest BCUT2D eigenvalue weighted by molar-refractivity contribution is 0.101. The van der Waals surface area contributed by atoms with Gasteiger partial charge >= 0.3 is 0 Å². The van der Waals surface area contributed by atoms with E-state index in [4.69, 9.17) is 0 Å². The van der Waals surface area contributed by atoms with Crippen LogP contribution in [0.5, 0.6) is 0 Å². The summed E-state index contributed by atoms with van der Waals surface area (Å²) in [7, 11) is 0. The van der Waals surface area contributed by atoms with E-state index in [0.717, 1.165) is 29.9 Å². The minimum atomic E-state index is 0.0963. The van der Waals surface area contributed by atoms with E-state index in [-0.39, 0.29) is 5.78 Å². The van der Waals surface area contributed by atoms with E-state index in [1.165, 1.54) is 0 Å². The van der Waals surface area contributed by atoms with Gasteiger partial charge in [-0.15, -0.1) is 11.3 Å². The molecule has 0 aliphatic carbocycles. The fraction of sp³-hybridized carbons (Fsp3) is 0.231. The van der Waals surface area contributed by atoms with E-state index in [9.17, 15) is 4.79 Å². The number of thiazole rings is 1. The van der Waals surface area contributed by atoms with Gasteiger partial charge in [-0.25, -0.2) is 4.98 Å². The lowest BCUT2D eigenvalue weighted by Gasteiger charge is -2.05. The van der Waals surface area contributed by atoms with E-state index < -0.39 is 0 Å². The Balaban J connectivity index is 1.85. The number of Topliss-reactive ketones (excluding diaryl/α,β-unsaturated/α-hetero) is 1. The highest BCUT2D eigenvalue weighted by Crippen LogP contribution is 2.10. The summed E-state index contributed by atoms with van der Waals surface area (Å²) in [6.45, 7) is 2.42. The van der Waals surface area contributed by atoms with Crippen molar-refractivity contribution in [3.05, 3.63) is 46.4 Å². The molecule has 0 amide bonds. The second-order valence-electron chi connectivity index (χ2n) is 3.79. The molecule has 1 heterocycles. The number of benzene rings is 1. The average molecular weight is 246 g/mol. The Kier molecular flexibility index (Phi) is 3.88. The monoisotopic (exact) mass is 246 g/mol. The van der Waals surface area contributed by atoms with Crippen LogP contribution in [0, 0.1) is 0 Å². The van der Waals surface area contributed by atoms with E-state index >= 15 is 0 Å². The fourth-order valence-corrected chi connectivity index (χ4v) is 2.11. The number of hydrogen-bond donors (Lipinski definition) is 1. The van der Waals surface area contributed by atoms with Gasteiger partial charge in [-0.1, -0.05) is 0 Å². The number of aromatic nitrogens is 1. The van der Waals surface area contributed by atoms with Gasteiger partial charge in [0.15, 0.2) is 5.78 Å². The van der Waals surface area contributed by atoms with Crippen LogP contribution in [0.3, 0.4) is 0 Å². The van der Waals surface area contributed by atoms with Crippen LogP contribution in [-0.4, -0.2) is 17.3 Å². The molecule has 0 bridgehead atoms. The molecule has 0 radical (unpaired) electrons. The number of carbonyl (C=O) groups excluding carboxylic acids is 1. The number of rotatable bonds is 5. The van der Waals surface area contributed by atoms with Gasteiger partial charge in [0.2, 0.25) is 0 Å². The Bertz CT molecular complexity index is 477. The standard InChI is InChI=1S/C13H14N2OS/c1-10(16)11-2-4-12(5-3-11)14-7-6-13-8-17-9-15-13/h2-5,8-9,14H,6-7H2,1H3. The molecule has 1 aromatic carbocycles. The first kappa shape index (κ1) is 11.8. The Hall–Kier alpha value is -1.68. The highest BCUT2D eigenvalue weighted by atomic mass is 32.1. The summed E-state index contributed by atoms with van der Waals surface area (Å²) in [4.78, 5) is 15.3. The summed E-state index contributed by atoms with van der Waals surface area (Å²) in [6, 6.07) is 7.54. The average Bonchev–Trinajstić information content (AvgIpc) is 2.83. The minimum Gasteiger partial charge on any atom is -0.385 e. The maximum Gasteiger partial charge on any atom is 0.159 e. The first-order valence-corrected chi connectivity index (χ1v) is 6.42. The van der Waals surface area contributed by atoms with Crippen molar-refractivity contribution in [2.45, 2.75) is 13.3 Å². The maximum absolute atomic E-state index is 11.1. The third-order valence-electron chi connectivity index (χ3n) is 2.49. The molecule has 88 valence electrons. The van der Waals surface area contributed by atoms with Crippen LogP contribution < -0.4 is 5.32 Å². The summed E-state index contributed by atoms with van der Waals surface area (Å²) in [5.74, 6) is 0.0963. The summed E-state index contributed by atoms with van der Waals surface area (Å²) in [5, 5.41) is 5.36. The molecule has 0 fully saturated rings. The second-order valence-corrected chi connectivity index (χ2v) is 4.51. The van der Waals surface area contributed by atoms with E-state index in [2.05, 4.69) is 15.7 Å². The zero-order chi connectivity index (χ0) is 12.1. The normalized spacial score (nSPS) is 10.2. The van der Waals surface area contributed by atoms with E-state index in [1.54, 1.807) is 18.3 Å². The fourth-order valence-electron chi connectivity index (χ4n) is 1.52. The van der Waals surface area contributed by atoms with Crippen LogP contribution in [0.1, 0.15) is 23.0 Å². The molecule has 1 N–H and O–H groups in total. The van der Waals surface area contributed by atoms with Crippen molar-refractivity contribution in [3.63, 3.8) is 0 Å². The van der Waals surface area contributed by atoms with Crippen LogP contribution in [0.4, 0.5) is 5.69 Å². The number of anilines is 1. The Morgan fingerprint density at radius 3 is 2.71 bits per heavy atom. The molecule has 0 aliphatic rings. The molecule has 0 saturated heterocycles. The number of carbonyl (C=O) groups is 1. The van der Waals surface area contributed by atoms with Crippen molar-refractivity contribution in [3.8, 4) is 0 Å². The molecule has 3 nitrogen and oxygen atoms in total. The highest BCUT2D eigenvalue weighted by molar-refractivity contribution is 7.07. The topological polar surface area (TPSA) is 42.0 Å². The summed E-state index contributed by atoms with van der Waals surface area (Å²) in [6.07, 6.45) is 0.915. The van der Waals surface area contributed by atoms with Crippen molar-refractivity contribution in [1.29, 1.82) is 0 Å². The molecule has 4 heteroatoms. The predicted octanol–water partition coefficient (Wildman–Crippen LogP) is 3.00. The molecule has 2 rings (SSSR count). The molecule has 0 spiro atoms. The SMILES string of the molecule is CC(=O)c1ccc(NCCc2cscn2)cc1. The number of nitrogens with zero attached hydrogens (tertiary/aromatic N) is 1. The van der Waals surface area contributed by atoms with E-state index in [0.29, 0.717) is 0 Å². The molecule has 0 aliphatic heterocycles. The smallest absolute Gasteiger partial charge is 0.159 e. The molecular formula is C13H14N2OS. The Morgan fingerprint density at radius 2 is 2.12 bits per heavy atom. The Labute approximate surface area is 105 Å². The van der Waals surface area contributed by atoms with Gasteiger partial charge in [0.05, 0.1) is 11.2 Å². The number of hydrogen-bond acceptors (Lipinski definition) is 4. The van der Waals surface area contributed by atoms with Crippen LogP contribution >= 0.6 is 11.3 Å². The number of ketones is 1. The summed E-state index contributed by atoms with van der Waals surface area (Å²) >= 11 is 1.61. The predicted molar refractivity (Wildman–Crippen MR) is 70.8 cm³/mol. The Morgan fingerprint density at radius 1 is 1.35 bits per heavy atom. The van der Waals surface area contributed by atoms with Crippen LogP contribution in [0.25, 0.3) is 0 Å². The van der Waals surface area contributed by atoms with Crippen LogP contribution in [-0.2, 0) is 6.42 Å². The summed E-state index contributed by atoms with van der Waals surface area (Å²) < 4.78 is 0. The largest absolute Gasteiger partial charge is 0.385 e. The first-order valence-electron chi connectivity index (χ1n) is 5.47. The van der Waals surface area contributed by atoms with Gasteiger partial charge in [0.25, 0.3) is 0 Å². The van der Waals surface area contributed by atoms with Crippen molar-refractivity contribution in [2.24, 2.45) is 0 Å². The molecule has 0 saturated carbocycles. The third kappa shape index (κ3) is 3.39. The van der Waals surface area contributed by atoms with Crippen molar-refractivity contribution in [1.82, 2.24) is 4.98 Å². The zero-order valence-electron chi connectivity index (χ0n) is 9.64. The van der Waals surface area contributed by atoms with Crippen molar-refractivity contribution < 1.29 is 4.79 Å². The molecule has 1 aromatic heterocycles. The quantitative estimate of drug-likeness (QED) is 0.825. The van der Waals surface area contributed by atoms with Gasteiger partial charge in [-0.05, 0) is 31.2 Å². The highest BCUT2D eigenvalue weighted by Gasteiger charge is 1.99. The lowest BCUT2D eigenvalue weighted by atomic mass is 10.1. The minimum absolute atomic E-state index is 0.0963. The third-order valence-corrected chi connectivity index (χ3v) is 3.12. The molecule has 17 heavy (non-hydrogen) atoms. The lowest BCUT2D eigenvalue weighted by Crippen LogP contribution is -2.05. The van der Waals surface area contributed by atoms with Crippen molar-refractivity contribution in [2.75, 3.05) is 11.9 Å². The maximum atomic E-state index is 11.1. The molecule has 2 aromatic rings. The molecule has 0 unspecified atom stereocenters. The van der Waals surface area contributed by atoms with Gasteiger partial charge in [0, 0.05) is 29.6 Å². The zero-order valence-corrected chi connectivity index (χ0v) is 10.5. The molecule has 0 atom stereocenters. The summed E-state index contributed by atoms with van der Waals surface area (Å²) in [5.41, 5.74) is 4.74. The van der Waals surface area contributed by atoms with Crippen LogP contribution in [0.15, 0.2) is 35.2 Å². The second kappa shape index (κ2) is 5.59. The van der Waals surface area contributed by atoms with Gasteiger partial charge < -0.3 is 5.32 Å². The van der Waals surface area contributed by atoms with Gasteiger partial charge in [-0.3, -0.25) is 4.79 Å². The first-order chi connectivity index (χ1) is 8.25. The van der Waals surface area contributed by atoms with Gasteiger partial charge in [0.1, 0.15) is 0 Å². The number of nitrogens with one attached hydrogen (secondary N) is 1. The van der Waals surface area contributed by atoms with Crippen LogP contribution in [0.2, 0.25) is 0 Å². The van der Waals surface area contributed by atoms with E-state index in [1.807, 2.05) is 29.8 Å². The molecular weight excluding hydrogens is 232 g/mol. The van der Waals surface area contributed by atoms with Gasteiger partial charge in [-0.2, -0.15) is 0 Å². The van der Waals surface area contributed by atoms with Crippen molar-refractivity contribution >= 4 is 22.8 Å².